The van der Waals surface area contributed by atoms with E-state index in [1.807, 2.05) is 41.9 Å². The van der Waals surface area contributed by atoms with Crippen molar-refractivity contribution in [2.24, 2.45) is 5.92 Å². The monoisotopic (exact) mass is 523 g/mol. The predicted molar refractivity (Wildman–Crippen MR) is 140 cm³/mol. The normalized spacial score (nSPS) is 18.1. The van der Waals surface area contributed by atoms with Gasteiger partial charge in [0.25, 0.3) is 5.91 Å². The maximum absolute atomic E-state index is 14.2. The Balaban J connectivity index is 1.20. The molecule has 0 spiro atoms. The summed E-state index contributed by atoms with van der Waals surface area (Å²) in [6, 6.07) is 18.2. The average Bonchev–Trinajstić information content (AvgIpc) is 3.59. The molecule has 8 heteroatoms. The molecule has 0 aliphatic carbocycles. The van der Waals surface area contributed by atoms with Crippen molar-refractivity contribution >= 4 is 34.8 Å². The lowest BCUT2D eigenvalue weighted by Gasteiger charge is -2.24. The van der Waals surface area contributed by atoms with Crippen molar-refractivity contribution in [3.63, 3.8) is 0 Å². The molecule has 1 fully saturated rings. The van der Waals surface area contributed by atoms with E-state index in [0.29, 0.717) is 13.0 Å². The molecular weight excluding hydrogens is 497 g/mol. The molecule has 2 atom stereocenters. The van der Waals surface area contributed by atoms with Crippen LogP contribution in [0.15, 0.2) is 77.8 Å². The highest BCUT2D eigenvalue weighted by Crippen LogP contribution is 2.32. The summed E-state index contributed by atoms with van der Waals surface area (Å²) in [5.74, 6) is -0.752. The summed E-state index contributed by atoms with van der Waals surface area (Å²) < 4.78 is 14.2. The first-order valence-electron chi connectivity index (χ1n) is 12.0. The van der Waals surface area contributed by atoms with Crippen LogP contribution in [-0.2, 0) is 11.2 Å². The van der Waals surface area contributed by atoms with E-state index in [1.165, 1.54) is 23.8 Å². The number of nitrogens with zero attached hydrogens (tertiary/aromatic N) is 2. The number of carbonyl (C=O) groups is 2. The van der Waals surface area contributed by atoms with E-state index in [9.17, 15) is 14.0 Å². The number of hydrogen-bond acceptors (Lipinski definition) is 4. The highest BCUT2D eigenvalue weighted by Gasteiger charge is 2.36. The minimum absolute atomic E-state index is 0.0215. The molecule has 1 N–H and O–H groups in total. The SMILES string of the molecule is O=C(Cc1cccs1)N[C@@H](CCN1CC2=CN(C(=O)c3c(F)cccc3Cl)CC2C1)c1ccccc1. The van der Waals surface area contributed by atoms with Crippen LogP contribution in [0.5, 0.6) is 0 Å². The van der Waals surface area contributed by atoms with Gasteiger partial charge in [-0.15, -0.1) is 11.3 Å². The molecule has 2 aromatic carbocycles. The first-order valence-corrected chi connectivity index (χ1v) is 13.3. The fourth-order valence-electron chi connectivity index (χ4n) is 4.99. The molecule has 2 aliphatic rings. The first-order chi connectivity index (χ1) is 17.5. The summed E-state index contributed by atoms with van der Waals surface area (Å²) in [5.41, 5.74) is 2.19. The number of halogens is 2. The lowest BCUT2D eigenvalue weighted by atomic mass is 10.0. The summed E-state index contributed by atoms with van der Waals surface area (Å²) in [6.45, 7) is 2.92. The van der Waals surface area contributed by atoms with E-state index in [4.69, 9.17) is 11.6 Å². The van der Waals surface area contributed by atoms with Crippen LogP contribution < -0.4 is 5.32 Å². The number of thiophene rings is 1. The molecule has 5 rings (SSSR count). The van der Waals surface area contributed by atoms with Gasteiger partial charge >= 0.3 is 0 Å². The molecule has 186 valence electrons. The Bertz CT molecular complexity index is 1240. The van der Waals surface area contributed by atoms with Crippen LogP contribution in [0.3, 0.4) is 0 Å². The number of amides is 2. The Hall–Kier alpha value is -3.00. The van der Waals surface area contributed by atoms with Crippen LogP contribution in [-0.4, -0.2) is 47.8 Å². The topological polar surface area (TPSA) is 52.7 Å². The zero-order valence-electron chi connectivity index (χ0n) is 19.7. The smallest absolute Gasteiger partial charge is 0.262 e. The van der Waals surface area contributed by atoms with Crippen LogP contribution >= 0.6 is 22.9 Å². The van der Waals surface area contributed by atoms with Gasteiger partial charge in [0.2, 0.25) is 5.91 Å². The standard InChI is InChI=1S/C28H27ClFN3O2S/c29-23-9-4-10-24(30)27(23)28(35)33-17-20-15-32(16-21(20)18-33)12-11-25(19-6-2-1-3-7-19)31-26(34)14-22-8-5-13-36-22/h1-10,13,17,21,25H,11-12,14-16,18H2,(H,31,34)/t21?,25-/m0/s1. The number of rotatable bonds is 8. The molecule has 1 saturated heterocycles. The van der Waals surface area contributed by atoms with E-state index in [2.05, 4.69) is 22.3 Å². The number of nitrogens with one attached hydrogen (secondary N) is 1. The predicted octanol–water partition coefficient (Wildman–Crippen LogP) is 5.30. The van der Waals surface area contributed by atoms with Gasteiger partial charge in [0.15, 0.2) is 0 Å². The number of benzene rings is 2. The second-order valence-electron chi connectivity index (χ2n) is 9.27. The van der Waals surface area contributed by atoms with Gasteiger partial charge in [0.05, 0.1) is 23.0 Å². The quantitative estimate of drug-likeness (QED) is 0.436. The largest absolute Gasteiger partial charge is 0.349 e. The van der Waals surface area contributed by atoms with Crippen molar-refractivity contribution in [2.75, 3.05) is 26.2 Å². The van der Waals surface area contributed by atoms with E-state index in [1.54, 1.807) is 16.2 Å². The van der Waals surface area contributed by atoms with Crippen molar-refractivity contribution < 1.29 is 14.0 Å². The Morgan fingerprint density at radius 2 is 1.92 bits per heavy atom. The number of likely N-dealkylation sites (tertiary alicyclic amines) is 1. The summed E-state index contributed by atoms with van der Waals surface area (Å²) in [4.78, 5) is 30.6. The highest BCUT2D eigenvalue weighted by atomic mass is 35.5. The molecule has 36 heavy (non-hydrogen) atoms. The van der Waals surface area contributed by atoms with Crippen LogP contribution in [0.4, 0.5) is 4.39 Å². The van der Waals surface area contributed by atoms with Gasteiger partial charge in [-0.1, -0.05) is 54.1 Å². The molecule has 0 bridgehead atoms. The summed E-state index contributed by atoms with van der Waals surface area (Å²) in [5, 5.41) is 5.33. The van der Waals surface area contributed by atoms with Crippen molar-refractivity contribution in [1.29, 1.82) is 0 Å². The third-order valence-electron chi connectivity index (χ3n) is 6.77. The minimum Gasteiger partial charge on any atom is -0.349 e. The van der Waals surface area contributed by atoms with Crippen molar-refractivity contribution in [2.45, 2.75) is 18.9 Å². The molecule has 2 aliphatic heterocycles. The molecule has 0 radical (unpaired) electrons. The molecule has 1 unspecified atom stereocenters. The zero-order valence-corrected chi connectivity index (χ0v) is 21.3. The minimum atomic E-state index is -0.599. The van der Waals surface area contributed by atoms with Gasteiger partial charge in [0.1, 0.15) is 5.82 Å². The van der Waals surface area contributed by atoms with E-state index < -0.39 is 11.7 Å². The Kier molecular flexibility index (Phi) is 7.51. The Morgan fingerprint density at radius 1 is 1.08 bits per heavy atom. The number of carbonyl (C=O) groups excluding carboxylic acids is 2. The number of fused-ring (bicyclic) bond motifs is 1. The lowest BCUT2D eigenvalue weighted by Crippen LogP contribution is -2.34. The summed E-state index contributed by atoms with van der Waals surface area (Å²) in [7, 11) is 0. The van der Waals surface area contributed by atoms with Crippen LogP contribution in [0.25, 0.3) is 0 Å². The average molecular weight is 524 g/mol. The molecule has 0 saturated carbocycles. The Morgan fingerprint density at radius 3 is 2.64 bits per heavy atom. The van der Waals surface area contributed by atoms with E-state index >= 15 is 0 Å². The molecule has 3 aromatic rings. The van der Waals surface area contributed by atoms with Crippen molar-refractivity contribution in [3.05, 3.63) is 105 Å². The van der Waals surface area contributed by atoms with Gasteiger partial charge in [-0.25, -0.2) is 4.39 Å². The number of hydrogen-bond donors (Lipinski definition) is 1. The van der Waals surface area contributed by atoms with E-state index in [0.717, 1.165) is 36.5 Å². The second kappa shape index (κ2) is 10.9. The molecule has 5 nitrogen and oxygen atoms in total. The van der Waals surface area contributed by atoms with Gasteiger partial charge < -0.3 is 10.2 Å². The lowest BCUT2D eigenvalue weighted by molar-refractivity contribution is -0.121. The highest BCUT2D eigenvalue weighted by molar-refractivity contribution is 7.10. The zero-order chi connectivity index (χ0) is 25.1. The Labute approximate surface area is 219 Å². The summed E-state index contributed by atoms with van der Waals surface area (Å²) in [6.07, 6.45) is 3.02. The van der Waals surface area contributed by atoms with Crippen molar-refractivity contribution in [3.8, 4) is 0 Å². The third kappa shape index (κ3) is 5.53. The first kappa shape index (κ1) is 24.7. The molecule has 2 amide bonds. The van der Waals surface area contributed by atoms with Gasteiger partial charge in [-0.2, -0.15) is 0 Å². The van der Waals surface area contributed by atoms with Crippen LogP contribution in [0.1, 0.15) is 33.3 Å². The van der Waals surface area contributed by atoms with Gasteiger partial charge in [-0.3, -0.25) is 14.5 Å². The van der Waals surface area contributed by atoms with Crippen LogP contribution in [0, 0.1) is 11.7 Å². The van der Waals surface area contributed by atoms with E-state index in [-0.39, 0.29) is 28.5 Å². The molecule has 3 heterocycles. The van der Waals surface area contributed by atoms with Gasteiger partial charge in [0, 0.05) is 43.2 Å². The maximum atomic E-state index is 14.2. The second-order valence-corrected chi connectivity index (χ2v) is 10.7. The van der Waals surface area contributed by atoms with Crippen molar-refractivity contribution in [1.82, 2.24) is 15.1 Å². The van der Waals surface area contributed by atoms with Crippen LogP contribution in [0.2, 0.25) is 5.02 Å². The summed E-state index contributed by atoms with van der Waals surface area (Å²) >= 11 is 7.69. The maximum Gasteiger partial charge on any atom is 0.262 e. The third-order valence-corrected chi connectivity index (χ3v) is 7.96. The fraction of sp³-hybridized carbons (Fsp3) is 0.286. The molecular formula is C28H27ClFN3O2S. The van der Waals surface area contributed by atoms with Gasteiger partial charge in [-0.05, 0) is 41.1 Å². The molecule has 1 aromatic heterocycles. The fourth-order valence-corrected chi connectivity index (χ4v) is 5.93.